The standard InChI is InChI=1S/C15H16BrCl2NS/c1-15(2,3)12-7-4-9(20-12)8-19-11-6-5-10(16)13(17)14(11)18/h4-7,19H,8H2,1-3H3. The normalized spacial score (nSPS) is 11.7. The van der Waals surface area contributed by atoms with E-state index in [1.54, 1.807) is 0 Å². The Labute approximate surface area is 142 Å². The van der Waals surface area contributed by atoms with Crippen molar-refractivity contribution in [2.75, 3.05) is 5.32 Å². The third kappa shape index (κ3) is 3.70. The van der Waals surface area contributed by atoms with Crippen LogP contribution in [-0.4, -0.2) is 0 Å². The van der Waals surface area contributed by atoms with Gasteiger partial charge in [0, 0.05) is 20.8 Å². The molecule has 1 nitrogen and oxygen atoms in total. The lowest BCUT2D eigenvalue weighted by Crippen LogP contribution is -2.07. The lowest BCUT2D eigenvalue weighted by molar-refractivity contribution is 0.604. The predicted molar refractivity (Wildman–Crippen MR) is 94.5 cm³/mol. The Hall–Kier alpha value is -0.220. The molecule has 20 heavy (non-hydrogen) atoms. The highest BCUT2D eigenvalue weighted by atomic mass is 79.9. The summed E-state index contributed by atoms with van der Waals surface area (Å²) < 4.78 is 0.806. The maximum atomic E-state index is 6.22. The average molecular weight is 393 g/mol. The van der Waals surface area contributed by atoms with E-state index in [1.165, 1.54) is 9.75 Å². The average Bonchev–Trinajstić information content (AvgIpc) is 2.84. The van der Waals surface area contributed by atoms with Crippen molar-refractivity contribution in [3.05, 3.63) is 48.5 Å². The molecule has 0 amide bonds. The number of hydrogen-bond donors (Lipinski definition) is 1. The number of hydrogen-bond acceptors (Lipinski definition) is 2. The smallest absolute Gasteiger partial charge is 0.0835 e. The van der Waals surface area contributed by atoms with Gasteiger partial charge in [0.25, 0.3) is 0 Å². The summed E-state index contributed by atoms with van der Waals surface area (Å²) in [7, 11) is 0. The van der Waals surface area contributed by atoms with Crippen molar-refractivity contribution in [1.29, 1.82) is 0 Å². The number of benzene rings is 1. The molecule has 0 aliphatic carbocycles. The van der Waals surface area contributed by atoms with Crippen LogP contribution in [0.25, 0.3) is 0 Å². The van der Waals surface area contributed by atoms with E-state index in [-0.39, 0.29) is 5.41 Å². The van der Waals surface area contributed by atoms with Gasteiger partial charge in [0.15, 0.2) is 0 Å². The number of anilines is 1. The Morgan fingerprint density at radius 1 is 1.10 bits per heavy atom. The highest BCUT2D eigenvalue weighted by Gasteiger charge is 2.16. The molecule has 0 atom stereocenters. The van der Waals surface area contributed by atoms with Gasteiger partial charge >= 0.3 is 0 Å². The zero-order valence-electron chi connectivity index (χ0n) is 11.6. The van der Waals surface area contributed by atoms with E-state index in [9.17, 15) is 0 Å². The van der Waals surface area contributed by atoms with E-state index in [2.05, 4.69) is 54.2 Å². The number of nitrogens with one attached hydrogen (secondary N) is 1. The van der Waals surface area contributed by atoms with Crippen molar-refractivity contribution < 1.29 is 0 Å². The molecule has 1 N–H and O–H groups in total. The first-order chi connectivity index (χ1) is 9.29. The van der Waals surface area contributed by atoms with E-state index in [4.69, 9.17) is 23.2 Å². The van der Waals surface area contributed by atoms with Gasteiger partial charge in [0.2, 0.25) is 0 Å². The van der Waals surface area contributed by atoms with Crippen molar-refractivity contribution in [1.82, 2.24) is 0 Å². The minimum Gasteiger partial charge on any atom is -0.379 e. The van der Waals surface area contributed by atoms with Crippen LogP contribution >= 0.6 is 50.5 Å². The summed E-state index contributed by atoms with van der Waals surface area (Å²) in [5.41, 5.74) is 1.05. The van der Waals surface area contributed by atoms with E-state index in [0.29, 0.717) is 10.0 Å². The molecule has 0 saturated carbocycles. The van der Waals surface area contributed by atoms with Gasteiger partial charge < -0.3 is 5.32 Å². The van der Waals surface area contributed by atoms with Crippen molar-refractivity contribution in [3.8, 4) is 0 Å². The van der Waals surface area contributed by atoms with Crippen molar-refractivity contribution >= 4 is 56.2 Å². The van der Waals surface area contributed by atoms with Gasteiger partial charge in [-0.25, -0.2) is 0 Å². The van der Waals surface area contributed by atoms with Crippen molar-refractivity contribution in [2.45, 2.75) is 32.7 Å². The van der Waals surface area contributed by atoms with Gasteiger partial charge in [0.05, 0.1) is 15.7 Å². The fourth-order valence-electron chi connectivity index (χ4n) is 1.72. The fourth-order valence-corrected chi connectivity index (χ4v) is 3.57. The molecule has 0 spiro atoms. The van der Waals surface area contributed by atoms with Crippen LogP contribution in [0.5, 0.6) is 0 Å². The third-order valence-corrected chi connectivity index (χ3v) is 6.17. The molecule has 0 bridgehead atoms. The van der Waals surface area contributed by atoms with Crippen molar-refractivity contribution in [2.24, 2.45) is 0 Å². The van der Waals surface area contributed by atoms with Crippen molar-refractivity contribution in [3.63, 3.8) is 0 Å². The number of rotatable bonds is 3. The fraction of sp³-hybridized carbons (Fsp3) is 0.333. The zero-order chi connectivity index (χ0) is 14.9. The molecular formula is C15H16BrCl2NS. The molecule has 5 heteroatoms. The molecule has 108 valence electrons. The van der Waals surface area contributed by atoms with Crippen LogP contribution in [0.2, 0.25) is 10.0 Å². The van der Waals surface area contributed by atoms with E-state index < -0.39 is 0 Å². The van der Waals surface area contributed by atoms with Crippen LogP contribution in [-0.2, 0) is 12.0 Å². The monoisotopic (exact) mass is 391 g/mol. The summed E-state index contributed by atoms with van der Waals surface area (Å²) in [4.78, 5) is 2.67. The SMILES string of the molecule is CC(C)(C)c1ccc(CNc2ccc(Br)c(Cl)c2Cl)s1. The Balaban J connectivity index is 2.10. The van der Waals surface area contributed by atoms with Gasteiger partial charge in [-0.2, -0.15) is 0 Å². The minimum absolute atomic E-state index is 0.196. The molecule has 0 saturated heterocycles. The van der Waals surface area contributed by atoms with Gasteiger partial charge in [-0.15, -0.1) is 11.3 Å². The Morgan fingerprint density at radius 3 is 2.40 bits per heavy atom. The highest BCUT2D eigenvalue weighted by molar-refractivity contribution is 9.10. The first-order valence-electron chi connectivity index (χ1n) is 6.25. The van der Waals surface area contributed by atoms with Crippen LogP contribution in [0.4, 0.5) is 5.69 Å². The summed E-state index contributed by atoms with van der Waals surface area (Å²) in [6.45, 7) is 7.42. The van der Waals surface area contributed by atoms with E-state index >= 15 is 0 Å². The quantitative estimate of drug-likeness (QED) is 0.571. The number of halogens is 3. The lowest BCUT2D eigenvalue weighted by Gasteiger charge is -2.15. The van der Waals surface area contributed by atoms with Gasteiger partial charge in [-0.05, 0) is 45.6 Å². The molecule has 0 aliphatic heterocycles. The molecule has 1 heterocycles. The van der Waals surface area contributed by atoms with Gasteiger partial charge in [-0.1, -0.05) is 44.0 Å². The summed E-state index contributed by atoms with van der Waals surface area (Å²) in [5.74, 6) is 0. The topological polar surface area (TPSA) is 12.0 Å². The Morgan fingerprint density at radius 2 is 1.80 bits per heavy atom. The summed E-state index contributed by atoms with van der Waals surface area (Å²) in [6.07, 6.45) is 0. The van der Waals surface area contributed by atoms with Crippen LogP contribution in [0.15, 0.2) is 28.7 Å². The second-order valence-electron chi connectivity index (χ2n) is 5.59. The minimum atomic E-state index is 0.196. The first kappa shape index (κ1) is 16.2. The molecule has 1 aromatic carbocycles. The summed E-state index contributed by atoms with van der Waals surface area (Å²) in [6, 6.07) is 8.17. The Kier molecular flexibility index (Phi) is 5.06. The largest absolute Gasteiger partial charge is 0.379 e. The second kappa shape index (κ2) is 6.27. The molecule has 0 aliphatic rings. The summed E-state index contributed by atoms with van der Waals surface area (Å²) >= 11 is 17.5. The van der Waals surface area contributed by atoms with Crippen LogP contribution < -0.4 is 5.32 Å². The molecule has 0 fully saturated rings. The van der Waals surface area contributed by atoms with Gasteiger partial charge in [0.1, 0.15) is 0 Å². The maximum absolute atomic E-state index is 6.22. The molecule has 2 rings (SSSR count). The molecule has 1 aromatic heterocycles. The Bertz CT molecular complexity index is 617. The molecule has 0 radical (unpaired) electrons. The molecule has 0 unspecified atom stereocenters. The zero-order valence-corrected chi connectivity index (χ0v) is 15.5. The maximum Gasteiger partial charge on any atom is 0.0835 e. The third-order valence-electron chi connectivity index (χ3n) is 2.89. The van der Waals surface area contributed by atoms with Crippen LogP contribution in [0.1, 0.15) is 30.5 Å². The second-order valence-corrected chi connectivity index (χ2v) is 8.37. The first-order valence-corrected chi connectivity index (χ1v) is 8.62. The van der Waals surface area contributed by atoms with Gasteiger partial charge in [-0.3, -0.25) is 0 Å². The summed E-state index contributed by atoms with van der Waals surface area (Å²) in [5, 5.41) is 4.42. The lowest BCUT2D eigenvalue weighted by atomic mass is 9.95. The highest BCUT2D eigenvalue weighted by Crippen LogP contribution is 2.36. The number of thiophene rings is 1. The molecular weight excluding hydrogens is 377 g/mol. The van der Waals surface area contributed by atoms with Crippen LogP contribution in [0, 0.1) is 0 Å². The van der Waals surface area contributed by atoms with E-state index in [1.807, 2.05) is 23.5 Å². The predicted octanol–water partition coefficient (Wildman–Crippen LogP) is 6.73. The molecule has 2 aromatic rings. The van der Waals surface area contributed by atoms with Crippen LogP contribution in [0.3, 0.4) is 0 Å². The van der Waals surface area contributed by atoms with E-state index in [0.717, 1.165) is 16.7 Å².